The van der Waals surface area contributed by atoms with Crippen LogP contribution < -0.4 is 5.32 Å². The van der Waals surface area contributed by atoms with Crippen LogP contribution in [0.25, 0.3) is 5.69 Å². The first-order valence-corrected chi connectivity index (χ1v) is 11.2. The molecule has 0 bridgehead atoms. The molecule has 0 spiro atoms. The highest BCUT2D eigenvalue weighted by Crippen LogP contribution is 2.25. The summed E-state index contributed by atoms with van der Waals surface area (Å²) in [5.74, 6) is 0.0311. The number of para-hydroxylation sites is 1. The monoisotopic (exact) mass is 424 g/mol. The number of carbonyl (C=O) groups is 1. The molecule has 1 amide bonds. The minimum Gasteiger partial charge on any atom is -0.379 e. The van der Waals surface area contributed by atoms with E-state index in [9.17, 15) is 4.79 Å². The van der Waals surface area contributed by atoms with Crippen LogP contribution in [0.1, 0.15) is 27.9 Å². The minimum absolute atomic E-state index is 0.0311. The second kappa shape index (κ2) is 9.55. The van der Waals surface area contributed by atoms with Gasteiger partial charge in [-0.15, -0.1) is 11.3 Å². The predicted octanol–water partition coefficient (Wildman–Crippen LogP) is 3.28. The number of rotatable bonds is 7. The quantitative estimate of drug-likeness (QED) is 0.632. The Morgan fingerprint density at radius 3 is 2.63 bits per heavy atom. The number of ether oxygens (including phenoxy) is 1. The highest BCUT2D eigenvalue weighted by atomic mass is 32.1. The minimum atomic E-state index is 0.0311. The van der Waals surface area contributed by atoms with Gasteiger partial charge in [-0.3, -0.25) is 9.69 Å². The van der Waals surface area contributed by atoms with Gasteiger partial charge in [-0.1, -0.05) is 24.3 Å². The van der Waals surface area contributed by atoms with Crippen molar-refractivity contribution in [1.29, 1.82) is 0 Å². The number of morpholine rings is 1. The van der Waals surface area contributed by atoms with Crippen molar-refractivity contribution in [2.45, 2.75) is 26.3 Å². The third kappa shape index (κ3) is 4.64. The van der Waals surface area contributed by atoms with Crippen molar-refractivity contribution >= 4 is 17.2 Å². The number of hydrogen-bond acceptors (Lipinski definition) is 5. The van der Waals surface area contributed by atoms with Crippen molar-refractivity contribution < 1.29 is 9.53 Å². The molecule has 6 nitrogen and oxygen atoms in total. The van der Waals surface area contributed by atoms with E-state index in [1.807, 2.05) is 48.9 Å². The van der Waals surface area contributed by atoms with Crippen molar-refractivity contribution in [3.05, 3.63) is 69.7 Å². The number of benzene rings is 1. The van der Waals surface area contributed by atoms with Crippen LogP contribution in [-0.4, -0.2) is 53.4 Å². The molecule has 0 unspecified atom stereocenters. The Bertz CT molecular complexity index is 963. The molecule has 1 aromatic carbocycles. The summed E-state index contributed by atoms with van der Waals surface area (Å²) in [5, 5.41) is 9.92. The maximum Gasteiger partial charge on any atom is 0.224 e. The van der Waals surface area contributed by atoms with Crippen molar-refractivity contribution in [2.75, 3.05) is 32.8 Å². The Balaban J connectivity index is 1.43. The fourth-order valence-corrected chi connectivity index (χ4v) is 4.83. The molecule has 30 heavy (non-hydrogen) atoms. The molecule has 4 rings (SSSR count). The second-order valence-electron chi connectivity index (χ2n) is 7.56. The standard InChI is InChI=1S/C23H28N4O2S/c1-17-20(18(2)27(25-17)19-7-4-3-5-8-19)15-23(28)24-16-21(22-9-6-14-30-22)26-10-12-29-13-11-26/h3-9,14,21H,10-13,15-16H2,1-2H3,(H,24,28)/t21-/m0/s1. The Kier molecular flexibility index (Phi) is 6.62. The van der Waals surface area contributed by atoms with Gasteiger partial charge < -0.3 is 10.1 Å². The fourth-order valence-electron chi connectivity index (χ4n) is 3.96. The van der Waals surface area contributed by atoms with E-state index in [1.54, 1.807) is 11.3 Å². The molecule has 1 atom stereocenters. The van der Waals surface area contributed by atoms with Gasteiger partial charge in [0.2, 0.25) is 5.91 Å². The first kappa shape index (κ1) is 20.8. The summed E-state index contributed by atoms with van der Waals surface area (Å²) in [7, 11) is 0. The van der Waals surface area contributed by atoms with E-state index in [2.05, 4.69) is 32.8 Å². The average Bonchev–Trinajstić information content (AvgIpc) is 3.40. The van der Waals surface area contributed by atoms with Crippen LogP contribution in [-0.2, 0) is 16.0 Å². The fraction of sp³-hybridized carbons (Fsp3) is 0.391. The van der Waals surface area contributed by atoms with Gasteiger partial charge in [0, 0.05) is 35.8 Å². The number of aromatic nitrogens is 2. The van der Waals surface area contributed by atoms with Gasteiger partial charge in [-0.05, 0) is 37.4 Å². The summed E-state index contributed by atoms with van der Waals surface area (Å²) in [6, 6.07) is 14.4. The Labute approximate surface area is 181 Å². The average molecular weight is 425 g/mol. The summed E-state index contributed by atoms with van der Waals surface area (Å²) < 4.78 is 7.42. The van der Waals surface area contributed by atoms with Crippen LogP contribution in [0.5, 0.6) is 0 Å². The number of thiophene rings is 1. The van der Waals surface area contributed by atoms with Crippen molar-refractivity contribution in [3.63, 3.8) is 0 Å². The Morgan fingerprint density at radius 1 is 1.17 bits per heavy atom. The first-order chi connectivity index (χ1) is 14.6. The van der Waals surface area contributed by atoms with Crippen LogP contribution in [0.4, 0.5) is 0 Å². The van der Waals surface area contributed by atoms with Crippen LogP contribution in [0, 0.1) is 13.8 Å². The van der Waals surface area contributed by atoms with Crippen LogP contribution in [0.2, 0.25) is 0 Å². The van der Waals surface area contributed by atoms with E-state index in [1.165, 1.54) is 4.88 Å². The van der Waals surface area contributed by atoms with Crippen LogP contribution in [0.15, 0.2) is 47.8 Å². The third-order valence-electron chi connectivity index (χ3n) is 5.63. The molecule has 0 aliphatic carbocycles. The van der Waals surface area contributed by atoms with E-state index >= 15 is 0 Å². The maximum absolute atomic E-state index is 12.8. The van der Waals surface area contributed by atoms with E-state index in [-0.39, 0.29) is 11.9 Å². The summed E-state index contributed by atoms with van der Waals surface area (Å²) >= 11 is 1.74. The molecule has 7 heteroatoms. The van der Waals surface area contributed by atoms with Gasteiger partial charge in [0.15, 0.2) is 0 Å². The zero-order chi connectivity index (χ0) is 20.9. The molecule has 1 saturated heterocycles. The van der Waals surface area contributed by atoms with Crippen LogP contribution in [0.3, 0.4) is 0 Å². The second-order valence-corrected chi connectivity index (χ2v) is 8.54. The molecule has 0 radical (unpaired) electrons. The van der Waals surface area contributed by atoms with Gasteiger partial charge in [0.05, 0.1) is 37.1 Å². The van der Waals surface area contributed by atoms with Gasteiger partial charge in [0.1, 0.15) is 0 Å². The lowest BCUT2D eigenvalue weighted by atomic mass is 10.1. The van der Waals surface area contributed by atoms with E-state index < -0.39 is 0 Å². The lowest BCUT2D eigenvalue weighted by Crippen LogP contribution is -2.43. The number of hydrogen-bond donors (Lipinski definition) is 1. The SMILES string of the molecule is Cc1nn(-c2ccccc2)c(C)c1CC(=O)NC[C@@H](c1cccs1)N1CCOCC1. The summed E-state index contributed by atoms with van der Waals surface area (Å²) in [6.07, 6.45) is 0.338. The summed E-state index contributed by atoms with van der Waals surface area (Å²) in [5.41, 5.74) is 3.91. The largest absolute Gasteiger partial charge is 0.379 e. The zero-order valence-corrected chi connectivity index (χ0v) is 18.3. The lowest BCUT2D eigenvalue weighted by molar-refractivity contribution is -0.120. The van der Waals surface area contributed by atoms with E-state index in [4.69, 9.17) is 4.74 Å². The third-order valence-corrected chi connectivity index (χ3v) is 6.60. The van der Waals surface area contributed by atoms with E-state index in [0.29, 0.717) is 13.0 Å². The number of aryl methyl sites for hydroxylation is 1. The van der Waals surface area contributed by atoms with Gasteiger partial charge in [-0.25, -0.2) is 4.68 Å². The highest BCUT2D eigenvalue weighted by molar-refractivity contribution is 7.10. The molecule has 1 aliphatic heterocycles. The summed E-state index contributed by atoms with van der Waals surface area (Å²) in [4.78, 5) is 16.5. The smallest absolute Gasteiger partial charge is 0.224 e. The molecule has 3 aromatic rings. The number of carbonyl (C=O) groups excluding carboxylic acids is 1. The van der Waals surface area contributed by atoms with Crippen molar-refractivity contribution in [1.82, 2.24) is 20.0 Å². The normalized spacial score (nSPS) is 15.8. The van der Waals surface area contributed by atoms with Crippen LogP contribution >= 0.6 is 11.3 Å². The zero-order valence-electron chi connectivity index (χ0n) is 17.5. The lowest BCUT2D eigenvalue weighted by Gasteiger charge is -2.34. The molecule has 158 valence electrons. The molecule has 3 heterocycles. The maximum atomic E-state index is 12.8. The number of amides is 1. The van der Waals surface area contributed by atoms with Gasteiger partial charge >= 0.3 is 0 Å². The molecular weight excluding hydrogens is 396 g/mol. The Morgan fingerprint density at radius 2 is 1.93 bits per heavy atom. The molecular formula is C23H28N4O2S. The molecule has 1 fully saturated rings. The molecule has 0 saturated carbocycles. The molecule has 1 aliphatic rings. The van der Waals surface area contributed by atoms with Gasteiger partial charge in [-0.2, -0.15) is 5.10 Å². The van der Waals surface area contributed by atoms with Crippen molar-refractivity contribution in [2.24, 2.45) is 0 Å². The van der Waals surface area contributed by atoms with Gasteiger partial charge in [0.25, 0.3) is 0 Å². The number of nitrogens with one attached hydrogen (secondary N) is 1. The molecule has 1 N–H and O–H groups in total. The van der Waals surface area contributed by atoms with E-state index in [0.717, 1.165) is 48.9 Å². The predicted molar refractivity (Wildman–Crippen MR) is 119 cm³/mol. The molecule has 2 aromatic heterocycles. The number of nitrogens with zero attached hydrogens (tertiary/aromatic N) is 3. The topological polar surface area (TPSA) is 59.4 Å². The Hall–Kier alpha value is -2.48. The highest BCUT2D eigenvalue weighted by Gasteiger charge is 2.24. The summed E-state index contributed by atoms with van der Waals surface area (Å²) in [6.45, 7) is 7.86. The first-order valence-electron chi connectivity index (χ1n) is 10.4. The van der Waals surface area contributed by atoms with Crippen molar-refractivity contribution in [3.8, 4) is 5.69 Å².